The molecule has 0 aliphatic carbocycles. The van der Waals surface area contributed by atoms with Gasteiger partial charge in [0.05, 0.1) is 5.92 Å². The van der Waals surface area contributed by atoms with Crippen LogP contribution in [0.1, 0.15) is 28.8 Å². The maximum absolute atomic E-state index is 12.8. The van der Waals surface area contributed by atoms with Crippen molar-refractivity contribution in [3.05, 3.63) is 57.6 Å². The van der Waals surface area contributed by atoms with Crippen molar-refractivity contribution in [3.63, 3.8) is 0 Å². The van der Waals surface area contributed by atoms with Gasteiger partial charge in [0.1, 0.15) is 0 Å². The molecule has 8 heteroatoms. The summed E-state index contributed by atoms with van der Waals surface area (Å²) in [6.07, 6.45) is -4.29. The van der Waals surface area contributed by atoms with Crippen LogP contribution in [0.2, 0.25) is 10.0 Å². The van der Waals surface area contributed by atoms with Crippen molar-refractivity contribution in [3.8, 4) is 11.1 Å². The monoisotopic (exact) mass is 493 g/mol. The third kappa shape index (κ3) is 4.66. The molecular formula is C20H17BrCl2F3NO. The molecule has 0 spiro atoms. The second kappa shape index (κ2) is 8.64. The molecule has 0 atom stereocenters. The van der Waals surface area contributed by atoms with E-state index in [0.717, 1.165) is 16.7 Å². The summed E-state index contributed by atoms with van der Waals surface area (Å²) in [6, 6.07) is 10.5. The van der Waals surface area contributed by atoms with Crippen LogP contribution in [0.5, 0.6) is 0 Å². The Bertz CT molecular complexity index is 840. The number of carbonyl (C=O) groups is 1. The molecule has 1 aliphatic rings. The fraction of sp³-hybridized carbons (Fsp3) is 0.350. The fourth-order valence-corrected chi connectivity index (χ4v) is 4.84. The first-order valence-electron chi connectivity index (χ1n) is 8.71. The van der Waals surface area contributed by atoms with Crippen molar-refractivity contribution in [1.82, 2.24) is 4.90 Å². The Balaban J connectivity index is 1.72. The summed E-state index contributed by atoms with van der Waals surface area (Å²) in [5.41, 5.74) is 2.92. The number of rotatable bonds is 3. The lowest BCUT2D eigenvalue weighted by atomic mass is 9.95. The summed E-state index contributed by atoms with van der Waals surface area (Å²) in [5.74, 6) is -1.58. The zero-order valence-electron chi connectivity index (χ0n) is 14.7. The highest BCUT2D eigenvalue weighted by Gasteiger charge is 2.41. The standard InChI is InChI=1S/C20H17BrCl2F3NO/c21-11-16-17(22)9-14(10-18(16)23)12-1-3-13(4-2-12)19(28)27-7-5-15(6-8-27)20(24,25)26/h1-4,9-10,15H,5-8,11H2. The summed E-state index contributed by atoms with van der Waals surface area (Å²) in [4.78, 5) is 14.1. The number of alkyl halides is 4. The first-order chi connectivity index (χ1) is 13.2. The molecule has 0 radical (unpaired) electrons. The van der Waals surface area contributed by atoms with Gasteiger partial charge in [-0.25, -0.2) is 0 Å². The number of nitrogens with zero attached hydrogens (tertiary/aromatic N) is 1. The Hall–Kier alpha value is -1.24. The maximum Gasteiger partial charge on any atom is 0.391 e. The van der Waals surface area contributed by atoms with E-state index in [-0.39, 0.29) is 31.8 Å². The van der Waals surface area contributed by atoms with Gasteiger partial charge in [0, 0.05) is 34.0 Å². The van der Waals surface area contributed by atoms with E-state index in [9.17, 15) is 18.0 Å². The second-order valence-corrected chi connectivity index (χ2v) is 8.11. The van der Waals surface area contributed by atoms with Gasteiger partial charge in [0.15, 0.2) is 0 Å². The van der Waals surface area contributed by atoms with Crippen LogP contribution in [0, 0.1) is 5.92 Å². The lowest BCUT2D eigenvalue weighted by Crippen LogP contribution is -2.42. The van der Waals surface area contributed by atoms with Gasteiger partial charge in [-0.1, -0.05) is 51.3 Å². The average molecular weight is 495 g/mol. The summed E-state index contributed by atoms with van der Waals surface area (Å²) in [6.45, 7) is 0.230. The minimum absolute atomic E-state index is 0.0513. The van der Waals surface area contributed by atoms with Gasteiger partial charge in [-0.3, -0.25) is 4.79 Å². The van der Waals surface area contributed by atoms with Crippen molar-refractivity contribution in [2.75, 3.05) is 13.1 Å². The van der Waals surface area contributed by atoms with Crippen molar-refractivity contribution in [2.45, 2.75) is 24.3 Å². The van der Waals surface area contributed by atoms with E-state index >= 15 is 0 Å². The second-order valence-electron chi connectivity index (χ2n) is 6.74. The van der Waals surface area contributed by atoms with E-state index in [1.54, 1.807) is 24.3 Å². The van der Waals surface area contributed by atoms with Crippen molar-refractivity contribution >= 4 is 45.0 Å². The Labute approximate surface area is 179 Å². The highest BCUT2D eigenvalue weighted by molar-refractivity contribution is 9.08. The average Bonchev–Trinajstić information content (AvgIpc) is 2.67. The smallest absolute Gasteiger partial charge is 0.339 e. The zero-order chi connectivity index (χ0) is 20.5. The molecule has 1 saturated heterocycles. The molecular weight excluding hydrogens is 478 g/mol. The maximum atomic E-state index is 12.8. The molecule has 0 unspecified atom stereocenters. The SMILES string of the molecule is O=C(c1ccc(-c2cc(Cl)c(CBr)c(Cl)c2)cc1)N1CCC(C(F)(F)F)CC1. The van der Waals surface area contributed by atoms with Crippen LogP contribution in [-0.2, 0) is 5.33 Å². The number of hydrogen-bond acceptors (Lipinski definition) is 1. The molecule has 3 rings (SSSR count). The topological polar surface area (TPSA) is 20.3 Å². The molecule has 1 amide bonds. The Morgan fingerprint density at radius 2 is 1.57 bits per heavy atom. The molecule has 2 aromatic rings. The van der Waals surface area contributed by atoms with Gasteiger partial charge in [-0.2, -0.15) is 13.2 Å². The number of hydrogen-bond donors (Lipinski definition) is 0. The van der Waals surface area contributed by atoms with Gasteiger partial charge in [0.25, 0.3) is 5.91 Å². The molecule has 2 nitrogen and oxygen atoms in total. The van der Waals surface area contributed by atoms with Crippen LogP contribution < -0.4 is 0 Å². The minimum Gasteiger partial charge on any atom is -0.339 e. The van der Waals surface area contributed by atoms with E-state index in [0.29, 0.717) is 20.9 Å². The summed E-state index contributed by atoms with van der Waals surface area (Å²) in [7, 11) is 0. The van der Waals surface area contributed by atoms with Gasteiger partial charge in [0.2, 0.25) is 0 Å². The van der Waals surface area contributed by atoms with E-state index < -0.39 is 12.1 Å². The first kappa shape index (κ1) is 21.5. The van der Waals surface area contributed by atoms with Crippen molar-refractivity contribution in [2.24, 2.45) is 5.92 Å². The summed E-state index contributed by atoms with van der Waals surface area (Å²) in [5, 5.41) is 1.64. The molecule has 1 fully saturated rings. The summed E-state index contributed by atoms with van der Waals surface area (Å²) < 4.78 is 38.3. The minimum atomic E-state index is -4.19. The molecule has 2 aromatic carbocycles. The number of piperidine rings is 1. The first-order valence-corrected chi connectivity index (χ1v) is 10.6. The fourth-order valence-electron chi connectivity index (χ4n) is 3.30. The van der Waals surface area contributed by atoms with Crippen LogP contribution in [0.25, 0.3) is 11.1 Å². The predicted octanol–water partition coefficient (Wildman–Crippen LogP) is 6.97. The van der Waals surface area contributed by atoms with Crippen molar-refractivity contribution in [1.29, 1.82) is 0 Å². The Kier molecular flexibility index (Phi) is 6.62. The largest absolute Gasteiger partial charge is 0.391 e. The third-order valence-electron chi connectivity index (χ3n) is 4.98. The lowest BCUT2D eigenvalue weighted by molar-refractivity contribution is -0.183. The van der Waals surface area contributed by atoms with Gasteiger partial charge in [-0.15, -0.1) is 0 Å². The number of benzene rings is 2. The molecule has 1 aliphatic heterocycles. The van der Waals surface area contributed by atoms with Gasteiger partial charge >= 0.3 is 6.18 Å². The van der Waals surface area contributed by atoms with Crippen LogP contribution in [-0.4, -0.2) is 30.1 Å². The number of halogens is 6. The molecule has 0 aromatic heterocycles. The van der Waals surface area contributed by atoms with E-state index in [1.165, 1.54) is 4.90 Å². The molecule has 0 saturated carbocycles. The van der Waals surface area contributed by atoms with Crippen molar-refractivity contribution < 1.29 is 18.0 Å². The summed E-state index contributed by atoms with van der Waals surface area (Å²) >= 11 is 15.9. The van der Waals surface area contributed by atoms with E-state index in [1.807, 2.05) is 12.1 Å². The molecule has 1 heterocycles. The van der Waals surface area contributed by atoms with Gasteiger partial charge in [-0.05, 0) is 53.8 Å². The van der Waals surface area contributed by atoms with E-state index in [2.05, 4.69) is 15.9 Å². The third-order valence-corrected chi connectivity index (χ3v) is 6.22. The van der Waals surface area contributed by atoms with Crippen LogP contribution in [0.3, 0.4) is 0 Å². The van der Waals surface area contributed by atoms with E-state index in [4.69, 9.17) is 23.2 Å². The van der Waals surface area contributed by atoms with Gasteiger partial charge < -0.3 is 4.90 Å². The Morgan fingerprint density at radius 1 is 1.04 bits per heavy atom. The van der Waals surface area contributed by atoms with Crippen LogP contribution in [0.15, 0.2) is 36.4 Å². The molecule has 150 valence electrons. The predicted molar refractivity (Wildman–Crippen MR) is 109 cm³/mol. The molecule has 0 N–H and O–H groups in total. The number of likely N-dealkylation sites (tertiary alicyclic amines) is 1. The quantitative estimate of drug-likeness (QED) is 0.422. The lowest BCUT2D eigenvalue weighted by Gasteiger charge is -2.33. The highest BCUT2D eigenvalue weighted by atomic mass is 79.9. The highest BCUT2D eigenvalue weighted by Crippen LogP contribution is 2.35. The molecule has 0 bridgehead atoms. The van der Waals surface area contributed by atoms with Crippen LogP contribution >= 0.6 is 39.1 Å². The molecule has 28 heavy (non-hydrogen) atoms. The zero-order valence-corrected chi connectivity index (χ0v) is 17.8. The normalized spacial score (nSPS) is 15.7. The number of carbonyl (C=O) groups excluding carboxylic acids is 1. The number of amides is 1. The van der Waals surface area contributed by atoms with Crippen LogP contribution in [0.4, 0.5) is 13.2 Å². The Morgan fingerprint density at radius 3 is 2.04 bits per heavy atom.